The second-order valence-corrected chi connectivity index (χ2v) is 6.36. The highest BCUT2D eigenvalue weighted by molar-refractivity contribution is 7.80. The SMILES string of the molecule is COc1ccc(C)cc1CN(C)C(=S)Nc1ccc(C)c(Cl)c1. The molecule has 0 fully saturated rings. The largest absolute Gasteiger partial charge is 0.496 e. The lowest BCUT2D eigenvalue weighted by molar-refractivity contribution is 0.399. The maximum atomic E-state index is 6.15. The van der Waals surface area contributed by atoms with Gasteiger partial charge in [-0.3, -0.25) is 0 Å². The third kappa shape index (κ3) is 4.60. The molecule has 5 heteroatoms. The van der Waals surface area contributed by atoms with Crippen molar-refractivity contribution in [2.45, 2.75) is 20.4 Å². The Hall–Kier alpha value is -1.78. The fourth-order valence-electron chi connectivity index (χ4n) is 2.25. The Morgan fingerprint density at radius 3 is 2.61 bits per heavy atom. The van der Waals surface area contributed by atoms with E-state index in [2.05, 4.69) is 18.3 Å². The second kappa shape index (κ2) is 7.66. The van der Waals surface area contributed by atoms with Crippen LogP contribution in [0.4, 0.5) is 5.69 Å². The number of ether oxygens (including phenoxy) is 1. The van der Waals surface area contributed by atoms with Gasteiger partial charge in [-0.05, 0) is 49.8 Å². The standard InChI is InChI=1S/C18H21ClN2OS/c1-12-5-8-17(22-4)14(9-12)11-21(3)18(23)20-15-7-6-13(2)16(19)10-15/h5-10H,11H2,1-4H3,(H,20,23). The van der Waals surface area contributed by atoms with Crippen molar-refractivity contribution in [2.24, 2.45) is 0 Å². The Labute approximate surface area is 148 Å². The molecule has 0 aliphatic carbocycles. The van der Waals surface area contributed by atoms with Crippen molar-refractivity contribution in [3.8, 4) is 5.75 Å². The van der Waals surface area contributed by atoms with Crippen LogP contribution >= 0.6 is 23.8 Å². The first-order chi connectivity index (χ1) is 10.9. The number of rotatable bonds is 4. The van der Waals surface area contributed by atoms with Crippen LogP contribution in [0, 0.1) is 13.8 Å². The van der Waals surface area contributed by atoms with Gasteiger partial charge in [-0.2, -0.15) is 0 Å². The van der Waals surface area contributed by atoms with Gasteiger partial charge in [0.15, 0.2) is 5.11 Å². The molecule has 2 rings (SSSR count). The molecule has 122 valence electrons. The molecular formula is C18H21ClN2OS. The van der Waals surface area contributed by atoms with Crippen molar-refractivity contribution < 1.29 is 4.74 Å². The molecular weight excluding hydrogens is 328 g/mol. The molecule has 0 spiro atoms. The smallest absolute Gasteiger partial charge is 0.173 e. The topological polar surface area (TPSA) is 24.5 Å². The summed E-state index contributed by atoms with van der Waals surface area (Å²) in [6.45, 7) is 4.70. The van der Waals surface area contributed by atoms with Crippen molar-refractivity contribution in [2.75, 3.05) is 19.5 Å². The summed E-state index contributed by atoms with van der Waals surface area (Å²) in [5.74, 6) is 0.864. The van der Waals surface area contributed by atoms with Gasteiger partial charge in [-0.15, -0.1) is 0 Å². The van der Waals surface area contributed by atoms with E-state index in [0.717, 1.165) is 27.6 Å². The second-order valence-electron chi connectivity index (χ2n) is 5.57. The molecule has 0 amide bonds. The predicted octanol–water partition coefficient (Wildman–Crippen LogP) is 4.79. The number of nitrogens with one attached hydrogen (secondary N) is 1. The zero-order chi connectivity index (χ0) is 17.0. The molecule has 0 saturated carbocycles. The van der Waals surface area contributed by atoms with E-state index < -0.39 is 0 Å². The molecule has 23 heavy (non-hydrogen) atoms. The molecule has 0 radical (unpaired) electrons. The molecule has 0 aliphatic rings. The zero-order valence-corrected chi connectivity index (χ0v) is 15.4. The van der Waals surface area contributed by atoms with Crippen LogP contribution in [0.3, 0.4) is 0 Å². The summed E-state index contributed by atoms with van der Waals surface area (Å²) in [5, 5.41) is 4.57. The summed E-state index contributed by atoms with van der Waals surface area (Å²) in [6, 6.07) is 11.9. The van der Waals surface area contributed by atoms with Gasteiger partial charge in [0, 0.05) is 29.9 Å². The van der Waals surface area contributed by atoms with Gasteiger partial charge in [-0.1, -0.05) is 35.4 Å². The average molecular weight is 349 g/mol. The van der Waals surface area contributed by atoms with E-state index in [9.17, 15) is 0 Å². The lowest BCUT2D eigenvalue weighted by atomic mass is 10.1. The van der Waals surface area contributed by atoms with E-state index in [1.54, 1.807) is 7.11 Å². The number of thiocarbonyl (C=S) groups is 1. The third-order valence-electron chi connectivity index (χ3n) is 3.61. The number of methoxy groups -OCH3 is 1. The number of halogens is 1. The quantitative estimate of drug-likeness (QED) is 0.802. The molecule has 2 aromatic carbocycles. The van der Waals surface area contributed by atoms with Gasteiger partial charge in [-0.25, -0.2) is 0 Å². The van der Waals surface area contributed by atoms with E-state index in [1.807, 2.05) is 49.2 Å². The maximum absolute atomic E-state index is 6.15. The number of hydrogen-bond donors (Lipinski definition) is 1. The Balaban J connectivity index is 2.08. The minimum atomic E-state index is 0.633. The average Bonchev–Trinajstić information content (AvgIpc) is 2.51. The predicted molar refractivity (Wildman–Crippen MR) is 102 cm³/mol. The summed E-state index contributed by atoms with van der Waals surface area (Å²) >= 11 is 11.6. The van der Waals surface area contributed by atoms with Crippen LogP contribution in [-0.2, 0) is 6.54 Å². The summed E-state index contributed by atoms with van der Waals surface area (Å²) in [7, 11) is 3.63. The van der Waals surface area contributed by atoms with E-state index in [0.29, 0.717) is 11.7 Å². The number of anilines is 1. The molecule has 0 heterocycles. The van der Waals surface area contributed by atoms with Crippen LogP contribution in [0.5, 0.6) is 5.75 Å². The molecule has 0 aliphatic heterocycles. The Morgan fingerprint density at radius 1 is 1.22 bits per heavy atom. The minimum absolute atomic E-state index is 0.633. The van der Waals surface area contributed by atoms with Gasteiger partial charge in [0.05, 0.1) is 7.11 Å². The number of aryl methyl sites for hydroxylation is 2. The first kappa shape index (κ1) is 17.6. The van der Waals surface area contributed by atoms with E-state index in [4.69, 9.17) is 28.6 Å². The van der Waals surface area contributed by atoms with Crippen molar-refractivity contribution >= 4 is 34.6 Å². The minimum Gasteiger partial charge on any atom is -0.496 e. The molecule has 0 saturated heterocycles. The monoisotopic (exact) mass is 348 g/mol. The Morgan fingerprint density at radius 2 is 1.96 bits per heavy atom. The van der Waals surface area contributed by atoms with E-state index >= 15 is 0 Å². The molecule has 1 N–H and O–H groups in total. The molecule has 0 bridgehead atoms. The lowest BCUT2D eigenvalue weighted by Gasteiger charge is -2.22. The van der Waals surface area contributed by atoms with Crippen molar-refractivity contribution in [3.63, 3.8) is 0 Å². The Kier molecular flexibility index (Phi) is 5.85. The zero-order valence-electron chi connectivity index (χ0n) is 13.8. The summed E-state index contributed by atoms with van der Waals surface area (Å²) in [4.78, 5) is 1.97. The van der Waals surface area contributed by atoms with Crippen LogP contribution < -0.4 is 10.1 Å². The Bertz CT molecular complexity index is 718. The third-order valence-corrected chi connectivity index (χ3v) is 4.43. The van der Waals surface area contributed by atoms with Gasteiger partial charge in [0.25, 0.3) is 0 Å². The van der Waals surface area contributed by atoms with Gasteiger partial charge in [0.1, 0.15) is 5.75 Å². The lowest BCUT2D eigenvalue weighted by Crippen LogP contribution is -2.30. The van der Waals surface area contributed by atoms with Crippen LogP contribution in [-0.4, -0.2) is 24.2 Å². The summed E-state index contributed by atoms with van der Waals surface area (Å²) in [6.07, 6.45) is 0. The highest BCUT2D eigenvalue weighted by atomic mass is 35.5. The molecule has 3 nitrogen and oxygen atoms in total. The van der Waals surface area contributed by atoms with Crippen molar-refractivity contribution in [3.05, 3.63) is 58.1 Å². The molecule has 2 aromatic rings. The summed E-state index contributed by atoms with van der Waals surface area (Å²) in [5.41, 5.74) is 4.22. The van der Waals surface area contributed by atoms with Crippen LogP contribution in [0.1, 0.15) is 16.7 Å². The number of hydrogen-bond acceptors (Lipinski definition) is 2. The highest BCUT2D eigenvalue weighted by Gasteiger charge is 2.10. The van der Waals surface area contributed by atoms with Crippen LogP contribution in [0.15, 0.2) is 36.4 Å². The van der Waals surface area contributed by atoms with Gasteiger partial charge >= 0.3 is 0 Å². The molecule has 0 unspecified atom stereocenters. The fraction of sp³-hybridized carbons (Fsp3) is 0.278. The van der Waals surface area contributed by atoms with E-state index in [-0.39, 0.29) is 0 Å². The maximum Gasteiger partial charge on any atom is 0.173 e. The number of benzene rings is 2. The summed E-state index contributed by atoms with van der Waals surface area (Å²) < 4.78 is 5.42. The normalized spacial score (nSPS) is 10.3. The fourth-order valence-corrected chi connectivity index (χ4v) is 2.61. The molecule has 0 atom stereocenters. The van der Waals surface area contributed by atoms with Crippen molar-refractivity contribution in [1.29, 1.82) is 0 Å². The molecule has 0 aromatic heterocycles. The number of nitrogens with zero attached hydrogens (tertiary/aromatic N) is 1. The first-order valence-corrected chi connectivity index (χ1v) is 8.11. The van der Waals surface area contributed by atoms with Crippen molar-refractivity contribution in [1.82, 2.24) is 4.90 Å². The first-order valence-electron chi connectivity index (χ1n) is 7.32. The van der Waals surface area contributed by atoms with Crippen LogP contribution in [0.2, 0.25) is 5.02 Å². The van der Waals surface area contributed by atoms with Crippen LogP contribution in [0.25, 0.3) is 0 Å². The van der Waals surface area contributed by atoms with E-state index in [1.165, 1.54) is 5.56 Å². The highest BCUT2D eigenvalue weighted by Crippen LogP contribution is 2.22. The van der Waals surface area contributed by atoms with Gasteiger partial charge in [0.2, 0.25) is 0 Å². The van der Waals surface area contributed by atoms with Gasteiger partial charge < -0.3 is 15.0 Å².